The molecule has 0 saturated heterocycles. The van der Waals surface area contributed by atoms with E-state index in [1.165, 1.54) is 6.42 Å². The van der Waals surface area contributed by atoms with Crippen LogP contribution in [0.15, 0.2) is 24.3 Å². The van der Waals surface area contributed by atoms with Crippen molar-refractivity contribution >= 4 is 17.0 Å². The number of carbonyl (C=O) groups is 1. The van der Waals surface area contributed by atoms with Crippen LogP contribution in [0.25, 0.3) is 11.0 Å². The molecule has 0 unspecified atom stereocenters. The van der Waals surface area contributed by atoms with Crippen LogP contribution in [-0.2, 0) is 23.1 Å². The Balaban J connectivity index is 1.77. The van der Waals surface area contributed by atoms with Crippen LogP contribution >= 0.6 is 0 Å². The highest BCUT2D eigenvalue weighted by Gasteiger charge is 2.34. The summed E-state index contributed by atoms with van der Waals surface area (Å²) in [7, 11) is 2.04. The number of aryl methyl sites for hydroxylation is 1. The summed E-state index contributed by atoms with van der Waals surface area (Å²) >= 11 is 0. The van der Waals surface area contributed by atoms with Crippen LogP contribution in [-0.4, -0.2) is 16.6 Å². The number of hydrogen-bond acceptors (Lipinski definition) is 2. The van der Waals surface area contributed by atoms with Crippen molar-refractivity contribution in [3.63, 3.8) is 0 Å². The summed E-state index contributed by atoms with van der Waals surface area (Å²) in [5.74, 6) is 2.63. The predicted octanol–water partition coefficient (Wildman–Crippen LogP) is 3.78. The summed E-state index contributed by atoms with van der Waals surface area (Å²) in [6.45, 7) is 9.08. The van der Waals surface area contributed by atoms with E-state index in [0.717, 1.165) is 29.7 Å². The number of carbonyl (C=O) groups excluding carboxylic acids is 1. The Bertz CT molecular complexity index is 763. The molecular weight excluding hydrogens is 312 g/mol. The van der Waals surface area contributed by atoms with Crippen molar-refractivity contribution in [2.45, 2.75) is 59.6 Å². The fourth-order valence-corrected chi connectivity index (χ4v) is 4.29. The average Bonchev–Trinajstić information content (AvgIpc) is 2.80. The zero-order valence-electron chi connectivity index (χ0n) is 16.2. The van der Waals surface area contributed by atoms with Crippen LogP contribution in [0.4, 0.5) is 0 Å². The highest BCUT2D eigenvalue weighted by Crippen LogP contribution is 2.35. The molecule has 0 aliphatic heterocycles. The molecule has 2 aromatic rings. The molecule has 1 fully saturated rings. The van der Waals surface area contributed by atoms with Crippen molar-refractivity contribution in [3.8, 4) is 0 Å². The molecule has 1 aromatic carbocycles. The SMILES string of the molecule is Cc1n(CC(=O)O[C@@H]2C[C@@H](C)CC[C@@H]2C(C)C)c2ccccc2[n+]1C. The van der Waals surface area contributed by atoms with Crippen molar-refractivity contribution in [1.29, 1.82) is 0 Å². The smallest absolute Gasteiger partial charge is 0.348 e. The number of esters is 1. The maximum absolute atomic E-state index is 12.7. The fraction of sp³-hybridized carbons (Fsp3) is 0.619. The van der Waals surface area contributed by atoms with Crippen LogP contribution in [0.5, 0.6) is 0 Å². The summed E-state index contributed by atoms with van der Waals surface area (Å²) in [6.07, 6.45) is 3.46. The van der Waals surface area contributed by atoms with E-state index >= 15 is 0 Å². The number of para-hydroxylation sites is 2. The lowest BCUT2D eigenvalue weighted by Gasteiger charge is -2.36. The normalized spacial score (nSPS) is 24.0. The number of aromatic nitrogens is 2. The van der Waals surface area contributed by atoms with Crippen LogP contribution < -0.4 is 4.57 Å². The van der Waals surface area contributed by atoms with E-state index < -0.39 is 0 Å². The van der Waals surface area contributed by atoms with Crippen molar-refractivity contribution < 1.29 is 14.1 Å². The minimum atomic E-state index is -0.116. The molecule has 0 amide bonds. The molecule has 1 aromatic heterocycles. The van der Waals surface area contributed by atoms with Gasteiger partial charge in [-0.2, -0.15) is 0 Å². The number of fused-ring (bicyclic) bond motifs is 1. The van der Waals surface area contributed by atoms with Gasteiger partial charge in [-0.15, -0.1) is 0 Å². The number of rotatable bonds is 4. The highest BCUT2D eigenvalue weighted by atomic mass is 16.5. The third-order valence-corrected chi connectivity index (χ3v) is 5.94. The van der Waals surface area contributed by atoms with Gasteiger partial charge >= 0.3 is 5.97 Å². The summed E-state index contributed by atoms with van der Waals surface area (Å²) in [6, 6.07) is 8.19. The van der Waals surface area contributed by atoms with Gasteiger partial charge in [0, 0.05) is 6.92 Å². The number of ether oxygens (including phenoxy) is 1. The predicted molar refractivity (Wildman–Crippen MR) is 99.1 cm³/mol. The summed E-state index contributed by atoms with van der Waals surface area (Å²) in [4.78, 5) is 12.7. The van der Waals surface area contributed by atoms with Crippen molar-refractivity contribution in [2.75, 3.05) is 0 Å². The number of hydrogen-bond donors (Lipinski definition) is 0. The van der Waals surface area contributed by atoms with Gasteiger partial charge < -0.3 is 4.74 Å². The molecule has 1 aliphatic carbocycles. The zero-order valence-corrected chi connectivity index (χ0v) is 16.2. The van der Waals surface area contributed by atoms with E-state index in [9.17, 15) is 4.79 Å². The fourth-order valence-electron chi connectivity index (χ4n) is 4.29. The van der Waals surface area contributed by atoms with Gasteiger partial charge in [0.1, 0.15) is 6.10 Å². The Morgan fingerprint density at radius 2 is 2.04 bits per heavy atom. The molecule has 0 bridgehead atoms. The van der Waals surface area contributed by atoms with Gasteiger partial charge in [0.15, 0.2) is 17.6 Å². The van der Waals surface area contributed by atoms with E-state index in [2.05, 4.69) is 42.0 Å². The second-order valence-electron chi connectivity index (χ2n) is 8.04. The average molecular weight is 343 g/mol. The first-order valence-corrected chi connectivity index (χ1v) is 9.51. The minimum absolute atomic E-state index is 0.0622. The number of benzene rings is 1. The highest BCUT2D eigenvalue weighted by molar-refractivity contribution is 5.76. The Hall–Kier alpha value is -1.84. The van der Waals surface area contributed by atoms with Gasteiger partial charge in [-0.25, -0.2) is 13.9 Å². The van der Waals surface area contributed by atoms with Crippen molar-refractivity contribution in [3.05, 3.63) is 30.1 Å². The maximum Gasteiger partial charge on any atom is 0.348 e. The van der Waals surface area contributed by atoms with Crippen LogP contribution in [0, 0.1) is 24.7 Å². The molecule has 4 nitrogen and oxygen atoms in total. The first-order valence-electron chi connectivity index (χ1n) is 9.51. The van der Waals surface area contributed by atoms with Crippen molar-refractivity contribution in [1.82, 2.24) is 4.57 Å². The molecule has 0 N–H and O–H groups in total. The van der Waals surface area contributed by atoms with Gasteiger partial charge in [0.05, 0.1) is 7.05 Å². The lowest BCUT2D eigenvalue weighted by molar-refractivity contribution is -0.652. The van der Waals surface area contributed by atoms with Gasteiger partial charge in [0.25, 0.3) is 5.82 Å². The molecule has 25 heavy (non-hydrogen) atoms. The molecule has 0 spiro atoms. The lowest BCUT2D eigenvalue weighted by Crippen LogP contribution is -2.37. The molecule has 3 atom stereocenters. The molecule has 4 heteroatoms. The first-order chi connectivity index (χ1) is 11.9. The van der Waals surface area contributed by atoms with E-state index in [1.807, 2.05) is 26.1 Å². The van der Waals surface area contributed by atoms with E-state index in [1.54, 1.807) is 0 Å². The third-order valence-electron chi connectivity index (χ3n) is 5.94. The van der Waals surface area contributed by atoms with E-state index in [4.69, 9.17) is 4.74 Å². The third kappa shape index (κ3) is 3.58. The topological polar surface area (TPSA) is 35.1 Å². The van der Waals surface area contributed by atoms with Crippen LogP contribution in [0.1, 0.15) is 45.9 Å². The number of nitrogens with zero attached hydrogens (tertiary/aromatic N) is 2. The van der Waals surface area contributed by atoms with Gasteiger partial charge in [-0.05, 0) is 42.7 Å². The molecular formula is C21H31N2O2+. The maximum atomic E-state index is 12.7. The quantitative estimate of drug-likeness (QED) is 0.625. The summed E-state index contributed by atoms with van der Waals surface area (Å²) < 4.78 is 10.2. The Morgan fingerprint density at radius 1 is 1.32 bits per heavy atom. The standard InChI is InChI=1S/C21H31N2O2/c1-14(2)17-11-10-15(3)12-20(17)25-21(24)13-23-16(4)22(5)18-8-6-7-9-19(18)23/h6-9,14-15,17,20H,10-13H2,1-5H3/q+1/t15-,17+,20+/m0/s1. The zero-order chi connectivity index (χ0) is 18.1. The van der Waals surface area contributed by atoms with Gasteiger partial charge in [-0.3, -0.25) is 0 Å². The summed E-state index contributed by atoms with van der Waals surface area (Å²) in [5.41, 5.74) is 2.22. The second-order valence-corrected chi connectivity index (χ2v) is 8.04. The molecule has 1 saturated carbocycles. The van der Waals surface area contributed by atoms with Gasteiger partial charge in [-0.1, -0.05) is 39.3 Å². The molecule has 1 heterocycles. The molecule has 3 rings (SSSR count). The van der Waals surface area contributed by atoms with Gasteiger partial charge in [0.2, 0.25) is 0 Å². The largest absolute Gasteiger partial charge is 0.459 e. The minimum Gasteiger partial charge on any atom is -0.459 e. The Kier molecular flexibility index (Phi) is 5.16. The van der Waals surface area contributed by atoms with Crippen molar-refractivity contribution in [2.24, 2.45) is 24.8 Å². The summed E-state index contributed by atoms with van der Waals surface area (Å²) in [5, 5.41) is 0. The Labute approximate surface area is 150 Å². The molecule has 1 aliphatic rings. The molecule has 0 radical (unpaired) electrons. The molecule has 136 valence electrons. The van der Waals surface area contributed by atoms with Crippen LogP contribution in [0.3, 0.4) is 0 Å². The lowest BCUT2D eigenvalue weighted by atomic mass is 9.75. The van der Waals surface area contributed by atoms with E-state index in [0.29, 0.717) is 17.8 Å². The van der Waals surface area contributed by atoms with E-state index in [-0.39, 0.29) is 18.6 Å². The number of imidazole rings is 1. The first kappa shape index (κ1) is 18.0. The monoisotopic (exact) mass is 343 g/mol. The Morgan fingerprint density at radius 3 is 2.76 bits per heavy atom. The van der Waals surface area contributed by atoms with Crippen LogP contribution in [0.2, 0.25) is 0 Å². The second kappa shape index (κ2) is 7.19.